The molecule has 0 saturated carbocycles. The molecule has 2 rings (SSSR count). The number of hydrogen-bond donors (Lipinski definition) is 2. The lowest BCUT2D eigenvalue weighted by molar-refractivity contribution is -0.171. The number of benzene rings is 1. The van der Waals surface area contributed by atoms with Crippen LogP contribution in [-0.2, 0) is 6.18 Å². The quantitative estimate of drug-likeness (QED) is 0.780. The Morgan fingerprint density at radius 1 is 1.00 bits per heavy atom. The first-order chi connectivity index (χ1) is 9.99. The van der Waals surface area contributed by atoms with E-state index in [2.05, 4.69) is 0 Å². The van der Waals surface area contributed by atoms with E-state index in [4.69, 9.17) is 11.5 Å². The van der Waals surface area contributed by atoms with Gasteiger partial charge in [-0.25, -0.2) is 0 Å². The van der Waals surface area contributed by atoms with Gasteiger partial charge in [-0.1, -0.05) is 36.4 Å². The van der Waals surface area contributed by atoms with Gasteiger partial charge in [0.25, 0.3) is 0 Å². The predicted molar refractivity (Wildman–Crippen MR) is 69.5 cm³/mol. The van der Waals surface area contributed by atoms with E-state index in [0.29, 0.717) is 6.07 Å². The van der Waals surface area contributed by atoms with Crippen LogP contribution in [0, 0.1) is 0 Å². The monoisotopic (exact) mass is 322 g/mol. The van der Waals surface area contributed by atoms with Crippen molar-refractivity contribution in [1.29, 1.82) is 0 Å². The van der Waals surface area contributed by atoms with Gasteiger partial charge in [-0.15, -0.1) is 0 Å². The van der Waals surface area contributed by atoms with Crippen LogP contribution in [0.15, 0.2) is 42.5 Å². The summed E-state index contributed by atoms with van der Waals surface area (Å²) in [5, 5.41) is 0. The molecule has 8 heteroatoms. The fourth-order valence-corrected chi connectivity index (χ4v) is 2.36. The standard InChI is InChI=1S/C14H12F6N2/c15-13(16,17)10-5-2-1-4-8(10)9-6-3-7-11(21)12(9,22)14(18,19)20/h1-7,11H,21-22H2. The molecule has 0 aliphatic heterocycles. The molecule has 2 unspecified atom stereocenters. The molecular formula is C14H12F6N2. The first-order valence-corrected chi connectivity index (χ1v) is 6.16. The summed E-state index contributed by atoms with van der Waals surface area (Å²) in [5.74, 6) is 0. The van der Waals surface area contributed by atoms with Crippen molar-refractivity contribution < 1.29 is 26.3 Å². The molecule has 2 nitrogen and oxygen atoms in total. The van der Waals surface area contributed by atoms with Crippen LogP contribution in [0.2, 0.25) is 0 Å². The van der Waals surface area contributed by atoms with E-state index >= 15 is 0 Å². The van der Waals surface area contributed by atoms with E-state index in [1.807, 2.05) is 0 Å². The molecule has 4 N–H and O–H groups in total. The fourth-order valence-electron chi connectivity index (χ4n) is 2.36. The zero-order chi connectivity index (χ0) is 16.8. The Morgan fingerprint density at radius 3 is 2.14 bits per heavy atom. The third kappa shape index (κ3) is 2.52. The summed E-state index contributed by atoms with van der Waals surface area (Å²) < 4.78 is 79.3. The van der Waals surface area contributed by atoms with Crippen LogP contribution in [0.5, 0.6) is 0 Å². The van der Waals surface area contributed by atoms with Gasteiger partial charge in [0.1, 0.15) is 0 Å². The minimum absolute atomic E-state index is 0.630. The highest BCUT2D eigenvalue weighted by molar-refractivity contribution is 5.80. The summed E-state index contributed by atoms with van der Waals surface area (Å²) in [6.07, 6.45) is -6.73. The van der Waals surface area contributed by atoms with Gasteiger partial charge in [-0.3, -0.25) is 0 Å². The van der Waals surface area contributed by atoms with Crippen LogP contribution in [0.1, 0.15) is 11.1 Å². The van der Waals surface area contributed by atoms with Crippen LogP contribution < -0.4 is 11.5 Å². The number of alkyl halides is 6. The summed E-state index contributed by atoms with van der Waals surface area (Å²) in [6.45, 7) is 0. The Balaban J connectivity index is 2.71. The molecule has 22 heavy (non-hydrogen) atoms. The second-order valence-corrected chi connectivity index (χ2v) is 4.90. The zero-order valence-corrected chi connectivity index (χ0v) is 11.0. The van der Waals surface area contributed by atoms with E-state index in [1.165, 1.54) is 12.1 Å². The van der Waals surface area contributed by atoms with Crippen molar-refractivity contribution in [3.8, 4) is 0 Å². The summed E-state index contributed by atoms with van der Waals surface area (Å²) in [4.78, 5) is 0. The molecule has 0 radical (unpaired) electrons. The topological polar surface area (TPSA) is 52.0 Å². The third-order valence-corrected chi connectivity index (χ3v) is 3.54. The minimum Gasteiger partial charge on any atom is -0.322 e. The van der Waals surface area contributed by atoms with Gasteiger partial charge in [0, 0.05) is 0 Å². The van der Waals surface area contributed by atoms with Gasteiger partial charge in [0.2, 0.25) is 0 Å². The lowest BCUT2D eigenvalue weighted by atomic mass is 9.75. The minimum atomic E-state index is -5.01. The predicted octanol–water partition coefficient (Wildman–Crippen LogP) is 3.25. The molecule has 1 aliphatic rings. The fraction of sp³-hybridized carbons (Fsp3) is 0.286. The maximum atomic E-state index is 13.4. The Kier molecular flexibility index (Phi) is 3.87. The second-order valence-electron chi connectivity index (χ2n) is 4.90. The molecule has 0 amide bonds. The van der Waals surface area contributed by atoms with Crippen molar-refractivity contribution >= 4 is 5.57 Å². The van der Waals surface area contributed by atoms with E-state index in [1.54, 1.807) is 0 Å². The summed E-state index contributed by atoms with van der Waals surface area (Å²) in [6, 6.07) is 2.28. The van der Waals surface area contributed by atoms with Crippen LogP contribution in [-0.4, -0.2) is 17.8 Å². The largest absolute Gasteiger partial charge is 0.416 e. The van der Waals surface area contributed by atoms with Gasteiger partial charge in [0.05, 0.1) is 11.6 Å². The lowest BCUT2D eigenvalue weighted by Crippen LogP contribution is -2.65. The number of halogens is 6. The highest BCUT2D eigenvalue weighted by atomic mass is 19.4. The van der Waals surface area contributed by atoms with Crippen molar-refractivity contribution in [3.63, 3.8) is 0 Å². The van der Waals surface area contributed by atoms with Crippen molar-refractivity contribution in [3.05, 3.63) is 53.6 Å². The summed E-state index contributed by atoms with van der Waals surface area (Å²) in [7, 11) is 0. The third-order valence-electron chi connectivity index (χ3n) is 3.54. The Labute approximate surface area is 122 Å². The molecule has 0 bridgehead atoms. The van der Waals surface area contributed by atoms with Crippen molar-refractivity contribution in [2.45, 2.75) is 23.9 Å². The van der Waals surface area contributed by atoms with Gasteiger partial charge in [0.15, 0.2) is 5.54 Å². The van der Waals surface area contributed by atoms with Gasteiger partial charge in [-0.2, -0.15) is 26.3 Å². The molecule has 0 spiro atoms. The molecule has 1 aromatic rings. The summed E-state index contributed by atoms with van der Waals surface area (Å²) >= 11 is 0. The lowest BCUT2D eigenvalue weighted by Gasteiger charge is -2.40. The molecule has 0 aromatic heterocycles. The Morgan fingerprint density at radius 2 is 1.59 bits per heavy atom. The van der Waals surface area contributed by atoms with Crippen LogP contribution in [0.4, 0.5) is 26.3 Å². The maximum Gasteiger partial charge on any atom is 0.416 e. The molecule has 120 valence electrons. The van der Waals surface area contributed by atoms with Crippen molar-refractivity contribution in [2.24, 2.45) is 11.5 Å². The Bertz CT molecular complexity index is 629. The first kappa shape index (κ1) is 16.6. The zero-order valence-electron chi connectivity index (χ0n) is 11.0. The molecule has 1 aromatic carbocycles. The van der Waals surface area contributed by atoms with Crippen molar-refractivity contribution in [1.82, 2.24) is 0 Å². The maximum absolute atomic E-state index is 13.4. The van der Waals surface area contributed by atoms with Gasteiger partial charge >= 0.3 is 12.4 Å². The van der Waals surface area contributed by atoms with Gasteiger partial charge in [-0.05, 0) is 17.2 Å². The molecule has 0 fully saturated rings. The van der Waals surface area contributed by atoms with Crippen molar-refractivity contribution in [2.75, 3.05) is 0 Å². The number of allylic oxidation sites excluding steroid dienone is 2. The Hall–Kier alpha value is -1.80. The highest BCUT2D eigenvalue weighted by Crippen LogP contribution is 2.45. The van der Waals surface area contributed by atoms with E-state index in [9.17, 15) is 26.3 Å². The molecule has 2 atom stereocenters. The average molecular weight is 322 g/mol. The number of rotatable bonds is 1. The first-order valence-electron chi connectivity index (χ1n) is 6.16. The normalized spacial score (nSPS) is 26.0. The van der Waals surface area contributed by atoms with E-state index < -0.39 is 40.6 Å². The molecule has 1 aliphatic carbocycles. The number of nitrogens with two attached hydrogens (primary N) is 2. The van der Waals surface area contributed by atoms with E-state index in [-0.39, 0.29) is 0 Å². The molecular weight excluding hydrogens is 310 g/mol. The molecule has 0 saturated heterocycles. The van der Waals surface area contributed by atoms with Crippen LogP contribution >= 0.6 is 0 Å². The highest BCUT2D eigenvalue weighted by Gasteiger charge is 2.59. The number of hydrogen-bond acceptors (Lipinski definition) is 2. The van der Waals surface area contributed by atoms with Crippen LogP contribution in [0.3, 0.4) is 0 Å². The molecule has 0 heterocycles. The van der Waals surface area contributed by atoms with Gasteiger partial charge < -0.3 is 11.5 Å². The van der Waals surface area contributed by atoms with E-state index in [0.717, 1.165) is 24.3 Å². The average Bonchev–Trinajstić information content (AvgIpc) is 2.39. The smallest absolute Gasteiger partial charge is 0.322 e. The van der Waals surface area contributed by atoms with Crippen LogP contribution in [0.25, 0.3) is 5.57 Å². The summed E-state index contributed by atoms with van der Waals surface area (Å²) in [5.41, 5.74) is 5.24. The second kappa shape index (κ2) is 5.13. The SMILES string of the molecule is NC1C=CC=C(c2ccccc2C(F)(F)F)C1(N)C(F)(F)F.